The van der Waals surface area contributed by atoms with Gasteiger partial charge in [-0.05, 0) is 57.9 Å². The van der Waals surface area contributed by atoms with E-state index < -0.39 is 0 Å². The fraction of sp³-hybridized carbons (Fsp3) is 0.647. The summed E-state index contributed by atoms with van der Waals surface area (Å²) in [6.45, 7) is 4.63. The van der Waals surface area contributed by atoms with Crippen LogP contribution in [0, 0.1) is 19.8 Å². The molecular weight excluding hydrogens is 320 g/mol. The van der Waals surface area contributed by atoms with Crippen LogP contribution in [0.1, 0.15) is 43.5 Å². The number of hydrogen-bond acceptors (Lipinski definition) is 5. The molecule has 2 aromatic rings. The Kier molecular flexibility index (Phi) is 4.29. The van der Waals surface area contributed by atoms with Gasteiger partial charge in [0.05, 0.1) is 12.1 Å². The molecule has 4 rings (SSSR count). The lowest BCUT2D eigenvalue weighted by Crippen LogP contribution is -2.48. The predicted octanol–water partition coefficient (Wildman–Crippen LogP) is 2.21. The summed E-state index contributed by atoms with van der Waals surface area (Å²) < 4.78 is 7.51. The molecule has 8 heteroatoms. The van der Waals surface area contributed by atoms with Crippen molar-refractivity contribution in [3.8, 4) is 0 Å². The zero-order valence-corrected chi connectivity index (χ0v) is 14.7. The van der Waals surface area contributed by atoms with Crippen LogP contribution in [-0.2, 0) is 4.74 Å². The van der Waals surface area contributed by atoms with E-state index in [1.165, 1.54) is 0 Å². The van der Waals surface area contributed by atoms with Crippen molar-refractivity contribution in [3.63, 3.8) is 0 Å². The van der Waals surface area contributed by atoms with Gasteiger partial charge in [-0.15, -0.1) is 5.10 Å². The molecule has 0 aromatic carbocycles. The Morgan fingerprint density at radius 3 is 2.84 bits per heavy atom. The third kappa shape index (κ3) is 3.58. The first-order valence-corrected chi connectivity index (χ1v) is 9.00. The smallest absolute Gasteiger partial charge is 0.321 e. The summed E-state index contributed by atoms with van der Waals surface area (Å²) in [4.78, 5) is 21.1. The number of carbonyl (C=O) groups excluding carboxylic acids is 1. The minimum Gasteiger partial charge on any atom is -0.376 e. The molecule has 1 aliphatic heterocycles. The highest BCUT2D eigenvalue weighted by Gasteiger charge is 2.38. The lowest BCUT2D eigenvalue weighted by atomic mass is 9.98. The van der Waals surface area contributed by atoms with E-state index in [-0.39, 0.29) is 24.1 Å². The van der Waals surface area contributed by atoms with E-state index in [9.17, 15) is 4.79 Å². The maximum absolute atomic E-state index is 12.4. The van der Waals surface area contributed by atoms with Gasteiger partial charge in [0.1, 0.15) is 0 Å². The van der Waals surface area contributed by atoms with Gasteiger partial charge in [0.15, 0.2) is 0 Å². The van der Waals surface area contributed by atoms with Gasteiger partial charge in [-0.25, -0.2) is 9.78 Å². The van der Waals surface area contributed by atoms with Gasteiger partial charge in [-0.3, -0.25) is 5.32 Å². The van der Waals surface area contributed by atoms with E-state index in [1.807, 2.05) is 19.9 Å². The zero-order valence-electron chi connectivity index (χ0n) is 14.7. The Balaban J connectivity index is 1.45. The molecule has 1 saturated heterocycles. The van der Waals surface area contributed by atoms with Crippen LogP contribution in [0.4, 0.5) is 10.7 Å². The number of rotatable bonds is 4. The Bertz CT molecular complexity index is 779. The second kappa shape index (κ2) is 6.59. The summed E-state index contributed by atoms with van der Waals surface area (Å²) in [5.74, 6) is 1.27. The van der Waals surface area contributed by atoms with Crippen molar-refractivity contribution in [1.29, 1.82) is 0 Å². The number of amides is 2. The van der Waals surface area contributed by atoms with Crippen molar-refractivity contribution in [3.05, 3.63) is 17.5 Å². The van der Waals surface area contributed by atoms with E-state index in [4.69, 9.17) is 4.74 Å². The van der Waals surface area contributed by atoms with Gasteiger partial charge in [0.25, 0.3) is 11.7 Å². The highest BCUT2D eigenvalue weighted by Crippen LogP contribution is 2.36. The van der Waals surface area contributed by atoms with Crippen LogP contribution in [0.3, 0.4) is 0 Å². The van der Waals surface area contributed by atoms with E-state index in [0.717, 1.165) is 50.1 Å². The Hall–Kier alpha value is -2.22. The van der Waals surface area contributed by atoms with Gasteiger partial charge in [0.2, 0.25) is 0 Å². The Labute approximate surface area is 146 Å². The van der Waals surface area contributed by atoms with Crippen LogP contribution in [-0.4, -0.2) is 44.4 Å². The number of hydrogen-bond donors (Lipinski definition) is 2. The second-order valence-corrected chi connectivity index (χ2v) is 7.05. The summed E-state index contributed by atoms with van der Waals surface area (Å²) in [7, 11) is 0. The summed E-state index contributed by atoms with van der Waals surface area (Å²) >= 11 is 0. The second-order valence-electron chi connectivity index (χ2n) is 7.05. The molecule has 3 heterocycles. The summed E-state index contributed by atoms with van der Waals surface area (Å²) in [6, 6.07) is 1.71. The molecule has 0 bridgehead atoms. The highest BCUT2D eigenvalue weighted by atomic mass is 16.5. The zero-order chi connectivity index (χ0) is 17.4. The molecule has 0 spiro atoms. The fourth-order valence-electron chi connectivity index (χ4n) is 3.53. The SMILES string of the molecule is Cc1cc(C)n2nc(NC(=O)NC(C3CC3)C3CCCCO3)nc2n1. The molecule has 1 aliphatic carbocycles. The molecule has 2 N–H and O–H groups in total. The number of anilines is 1. The van der Waals surface area contributed by atoms with Crippen LogP contribution in [0.15, 0.2) is 6.07 Å². The van der Waals surface area contributed by atoms with Crippen LogP contribution in [0.25, 0.3) is 5.78 Å². The molecule has 1 saturated carbocycles. The predicted molar refractivity (Wildman–Crippen MR) is 92.5 cm³/mol. The number of ether oxygens (including phenoxy) is 1. The van der Waals surface area contributed by atoms with Gasteiger partial charge < -0.3 is 10.1 Å². The van der Waals surface area contributed by atoms with Gasteiger partial charge in [-0.1, -0.05) is 0 Å². The van der Waals surface area contributed by atoms with Crippen LogP contribution in [0.2, 0.25) is 0 Å². The molecule has 2 atom stereocenters. The molecule has 2 aromatic heterocycles. The molecule has 2 aliphatic rings. The van der Waals surface area contributed by atoms with Crippen LogP contribution >= 0.6 is 0 Å². The first kappa shape index (κ1) is 16.3. The van der Waals surface area contributed by atoms with E-state index >= 15 is 0 Å². The third-order valence-electron chi connectivity index (χ3n) is 4.89. The number of aromatic nitrogens is 4. The van der Waals surface area contributed by atoms with E-state index in [0.29, 0.717) is 11.7 Å². The molecule has 2 fully saturated rings. The Morgan fingerprint density at radius 2 is 2.12 bits per heavy atom. The maximum atomic E-state index is 12.4. The number of nitrogens with one attached hydrogen (secondary N) is 2. The molecule has 2 amide bonds. The third-order valence-corrected chi connectivity index (χ3v) is 4.89. The average molecular weight is 344 g/mol. The summed E-state index contributed by atoms with van der Waals surface area (Å²) in [6.07, 6.45) is 5.70. The van der Waals surface area contributed by atoms with Crippen molar-refractivity contribution in [1.82, 2.24) is 24.9 Å². The van der Waals surface area contributed by atoms with E-state index in [1.54, 1.807) is 4.52 Å². The lowest BCUT2D eigenvalue weighted by Gasteiger charge is -2.31. The monoisotopic (exact) mass is 344 g/mol. The van der Waals surface area contributed by atoms with Crippen LogP contribution in [0.5, 0.6) is 0 Å². The molecule has 2 unspecified atom stereocenters. The number of urea groups is 1. The molecule has 134 valence electrons. The lowest BCUT2D eigenvalue weighted by molar-refractivity contribution is -0.00941. The maximum Gasteiger partial charge on any atom is 0.321 e. The number of nitrogens with zero attached hydrogens (tertiary/aromatic N) is 4. The number of aryl methyl sites for hydroxylation is 2. The number of carbonyl (C=O) groups is 1. The standard InChI is InChI=1S/C17H24N6O2/c1-10-9-11(2)23-16(18-10)20-15(22-23)21-17(24)19-14(12-6-7-12)13-5-3-4-8-25-13/h9,12-14H,3-8H2,1-2H3,(H2,19,21,22,24). The normalized spacial score (nSPS) is 21.9. The summed E-state index contributed by atoms with van der Waals surface area (Å²) in [5.41, 5.74) is 1.80. The first-order valence-electron chi connectivity index (χ1n) is 9.00. The molecular formula is C17H24N6O2. The largest absolute Gasteiger partial charge is 0.376 e. The van der Waals surface area contributed by atoms with Gasteiger partial charge in [-0.2, -0.15) is 9.50 Å². The minimum absolute atomic E-state index is 0.0689. The van der Waals surface area contributed by atoms with Gasteiger partial charge >= 0.3 is 6.03 Å². The average Bonchev–Trinajstić information content (AvgIpc) is 3.34. The van der Waals surface area contributed by atoms with Crippen molar-refractivity contribution in [2.24, 2.45) is 5.92 Å². The fourth-order valence-corrected chi connectivity index (χ4v) is 3.53. The first-order chi connectivity index (χ1) is 12.1. The molecule has 25 heavy (non-hydrogen) atoms. The van der Waals surface area contributed by atoms with Crippen molar-refractivity contribution >= 4 is 17.8 Å². The van der Waals surface area contributed by atoms with Gasteiger partial charge in [0, 0.05) is 18.0 Å². The number of fused-ring (bicyclic) bond motifs is 1. The molecule has 0 radical (unpaired) electrons. The van der Waals surface area contributed by atoms with E-state index in [2.05, 4.69) is 25.7 Å². The van der Waals surface area contributed by atoms with Crippen molar-refractivity contribution in [2.45, 2.75) is 58.1 Å². The van der Waals surface area contributed by atoms with Crippen molar-refractivity contribution < 1.29 is 9.53 Å². The Morgan fingerprint density at radius 1 is 1.28 bits per heavy atom. The highest BCUT2D eigenvalue weighted by molar-refractivity contribution is 5.87. The van der Waals surface area contributed by atoms with Crippen LogP contribution < -0.4 is 10.6 Å². The molecule has 8 nitrogen and oxygen atoms in total. The quantitative estimate of drug-likeness (QED) is 0.887. The summed E-state index contributed by atoms with van der Waals surface area (Å²) in [5, 5.41) is 10.1. The van der Waals surface area contributed by atoms with Crippen molar-refractivity contribution in [2.75, 3.05) is 11.9 Å². The topological polar surface area (TPSA) is 93.4 Å². The minimum atomic E-state index is -0.281.